The second-order valence-electron chi connectivity index (χ2n) is 3.44. The number of hydrogen-bond donors (Lipinski definition) is 1. The van der Waals surface area contributed by atoms with Crippen LogP contribution in [0.1, 0.15) is 20.3 Å². The SMILES string of the molecule is CC(C)(O)CCn1nc(Br)nc1Br. The molecule has 1 aromatic heterocycles. The molecule has 0 saturated heterocycles. The second kappa shape index (κ2) is 4.06. The summed E-state index contributed by atoms with van der Waals surface area (Å²) >= 11 is 6.43. The van der Waals surface area contributed by atoms with Crippen molar-refractivity contribution in [1.82, 2.24) is 14.8 Å². The number of halogens is 2. The van der Waals surface area contributed by atoms with Crippen LogP contribution in [0.2, 0.25) is 0 Å². The number of aliphatic hydroxyl groups is 1. The predicted octanol–water partition coefficient (Wildman–Crippen LogP) is 1.96. The van der Waals surface area contributed by atoms with E-state index in [1.165, 1.54) is 0 Å². The highest BCUT2D eigenvalue weighted by molar-refractivity contribution is 9.11. The van der Waals surface area contributed by atoms with Crippen LogP contribution in [0.3, 0.4) is 0 Å². The molecule has 4 nitrogen and oxygen atoms in total. The Balaban J connectivity index is 2.59. The van der Waals surface area contributed by atoms with Gasteiger partial charge in [0.05, 0.1) is 5.60 Å². The zero-order valence-corrected chi connectivity index (χ0v) is 10.6. The third kappa shape index (κ3) is 3.74. The molecule has 0 aliphatic carbocycles. The third-order valence-electron chi connectivity index (χ3n) is 1.54. The lowest BCUT2D eigenvalue weighted by molar-refractivity contribution is 0.0648. The van der Waals surface area contributed by atoms with Gasteiger partial charge in [-0.05, 0) is 52.1 Å². The van der Waals surface area contributed by atoms with E-state index in [0.717, 1.165) is 0 Å². The average molecular weight is 313 g/mol. The van der Waals surface area contributed by atoms with Gasteiger partial charge in [0.1, 0.15) is 0 Å². The minimum absolute atomic E-state index is 0.551. The van der Waals surface area contributed by atoms with Gasteiger partial charge in [0.2, 0.25) is 4.73 Å². The van der Waals surface area contributed by atoms with Crippen molar-refractivity contribution in [3.05, 3.63) is 9.47 Å². The van der Waals surface area contributed by atoms with Gasteiger partial charge >= 0.3 is 0 Å². The van der Waals surface area contributed by atoms with Gasteiger partial charge in [-0.15, -0.1) is 5.10 Å². The van der Waals surface area contributed by atoms with Crippen molar-refractivity contribution in [2.45, 2.75) is 32.4 Å². The Bertz CT molecular complexity index is 292. The highest BCUT2D eigenvalue weighted by Crippen LogP contribution is 2.14. The standard InChI is InChI=1S/C7H11Br2N3O/c1-7(2,13)3-4-12-6(9)10-5(8)11-12/h13H,3-4H2,1-2H3. The van der Waals surface area contributed by atoms with Crippen molar-refractivity contribution >= 4 is 31.9 Å². The Morgan fingerprint density at radius 3 is 2.46 bits per heavy atom. The lowest BCUT2D eigenvalue weighted by atomic mass is 10.1. The van der Waals surface area contributed by atoms with E-state index in [0.29, 0.717) is 22.4 Å². The minimum Gasteiger partial charge on any atom is -0.390 e. The van der Waals surface area contributed by atoms with Gasteiger partial charge in [-0.2, -0.15) is 4.98 Å². The normalized spacial score (nSPS) is 12.1. The number of aromatic nitrogens is 3. The molecule has 1 aromatic rings. The molecule has 0 radical (unpaired) electrons. The minimum atomic E-state index is -0.669. The van der Waals surface area contributed by atoms with Crippen molar-refractivity contribution in [3.8, 4) is 0 Å². The van der Waals surface area contributed by atoms with E-state index in [2.05, 4.69) is 41.9 Å². The summed E-state index contributed by atoms with van der Waals surface area (Å²) in [5.74, 6) is 0. The van der Waals surface area contributed by atoms with Crippen LogP contribution >= 0.6 is 31.9 Å². The van der Waals surface area contributed by atoms with Crippen molar-refractivity contribution in [1.29, 1.82) is 0 Å². The van der Waals surface area contributed by atoms with Gasteiger partial charge < -0.3 is 5.11 Å². The Hall–Kier alpha value is 0.0600. The lowest BCUT2D eigenvalue weighted by Gasteiger charge is -2.16. The Labute approximate surface area is 93.6 Å². The Kier molecular flexibility index (Phi) is 3.48. The van der Waals surface area contributed by atoms with Crippen LogP contribution in [0.25, 0.3) is 0 Å². The van der Waals surface area contributed by atoms with Gasteiger partial charge in [0.25, 0.3) is 0 Å². The maximum Gasteiger partial charge on any atom is 0.218 e. The van der Waals surface area contributed by atoms with E-state index in [1.54, 1.807) is 18.5 Å². The maximum atomic E-state index is 9.49. The molecule has 0 amide bonds. The molecule has 0 spiro atoms. The third-order valence-corrected chi connectivity index (χ3v) is 2.46. The van der Waals surface area contributed by atoms with Gasteiger partial charge in [0.15, 0.2) is 4.73 Å². The maximum absolute atomic E-state index is 9.49. The topological polar surface area (TPSA) is 50.9 Å². The first kappa shape index (κ1) is 11.1. The summed E-state index contributed by atoms with van der Waals surface area (Å²) in [4.78, 5) is 4.02. The van der Waals surface area contributed by atoms with Crippen molar-refractivity contribution in [2.24, 2.45) is 0 Å². The molecule has 1 N–H and O–H groups in total. The van der Waals surface area contributed by atoms with Crippen LogP contribution in [0.5, 0.6) is 0 Å². The fraction of sp³-hybridized carbons (Fsp3) is 0.714. The van der Waals surface area contributed by atoms with Crippen molar-refractivity contribution in [3.63, 3.8) is 0 Å². The van der Waals surface area contributed by atoms with E-state index < -0.39 is 5.60 Å². The van der Waals surface area contributed by atoms with E-state index >= 15 is 0 Å². The molecular weight excluding hydrogens is 302 g/mol. The Morgan fingerprint density at radius 2 is 2.08 bits per heavy atom. The van der Waals surface area contributed by atoms with Crippen LogP contribution in [-0.2, 0) is 6.54 Å². The summed E-state index contributed by atoms with van der Waals surface area (Å²) in [7, 11) is 0. The van der Waals surface area contributed by atoms with Crippen molar-refractivity contribution < 1.29 is 5.11 Å². The highest BCUT2D eigenvalue weighted by atomic mass is 79.9. The monoisotopic (exact) mass is 311 g/mol. The zero-order chi connectivity index (χ0) is 10.1. The summed E-state index contributed by atoms with van der Waals surface area (Å²) < 4.78 is 2.92. The molecular formula is C7H11Br2N3O. The molecule has 0 aliphatic heterocycles. The number of aryl methyl sites for hydroxylation is 1. The quantitative estimate of drug-likeness (QED) is 0.928. The summed E-state index contributed by atoms with van der Waals surface area (Å²) in [5.41, 5.74) is -0.669. The summed E-state index contributed by atoms with van der Waals surface area (Å²) in [6.07, 6.45) is 0.640. The predicted molar refractivity (Wildman–Crippen MR) is 56.3 cm³/mol. The smallest absolute Gasteiger partial charge is 0.218 e. The number of nitrogens with zero attached hydrogens (tertiary/aromatic N) is 3. The molecule has 1 heterocycles. The molecule has 13 heavy (non-hydrogen) atoms. The molecule has 0 fully saturated rings. The highest BCUT2D eigenvalue weighted by Gasteiger charge is 2.14. The fourth-order valence-electron chi connectivity index (χ4n) is 0.819. The zero-order valence-electron chi connectivity index (χ0n) is 7.46. The molecule has 6 heteroatoms. The first-order valence-corrected chi connectivity index (χ1v) is 5.45. The van der Waals surface area contributed by atoms with E-state index in [1.807, 2.05) is 0 Å². The van der Waals surface area contributed by atoms with E-state index in [9.17, 15) is 5.11 Å². The van der Waals surface area contributed by atoms with Gasteiger partial charge in [0, 0.05) is 6.54 Å². The average Bonchev–Trinajstić information content (AvgIpc) is 2.24. The summed E-state index contributed by atoms with van der Waals surface area (Å²) in [6.45, 7) is 4.18. The van der Waals surface area contributed by atoms with Gasteiger partial charge in [-0.3, -0.25) is 0 Å². The van der Waals surface area contributed by atoms with E-state index in [4.69, 9.17) is 0 Å². The molecule has 74 valence electrons. The molecule has 0 atom stereocenters. The summed E-state index contributed by atoms with van der Waals surface area (Å²) in [6, 6.07) is 0. The summed E-state index contributed by atoms with van der Waals surface area (Å²) in [5, 5.41) is 13.6. The van der Waals surface area contributed by atoms with Crippen LogP contribution in [0.4, 0.5) is 0 Å². The first-order chi connectivity index (χ1) is 5.88. The molecule has 0 aliphatic rings. The second-order valence-corrected chi connectivity index (χ2v) is 4.85. The van der Waals surface area contributed by atoms with Gasteiger partial charge in [-0.1, -0.05) is 0 Å². The lowest BCUT2D eigenvalue weighted by Crippen LogP contribution is -2.21. The van der Waals surface area contributed by atoms with Crippen LogP contribution in [0, 0.1) is 0 Å². The van der Waals surface area contributed by atoms with E-state index in [-0.39, 0.29) is 0 Å². The largest absolute Gasteiger partial charge is 0.390 e. The molecule has 0 saturated carbocycles. The van der Waals surface area contributed by atoms with Crippen LogP contribution < -0.4 is 0 Å². The van der Waals surface area contributed by atoms with Crippen molar-refractivity contribution in [2.75, 3.05) is 0 Å². The van der Waals surface area contributed by atoms with Crippen LogP contribution in [0.15, 0.2) is 9.47 Å². The van der Waals surface area contributed by atoms with Crippen LogP contribution in [-0.4, -0.2) is 25.5 Å². The number of hydrogen-bond acceptors (Lipinski definition) is 3. The Morgan fingerprint density at radius 1 is 1.46 bits per heavy atom. The fourth-order valence-corrected chi connectivity index (χ4v) is 1.84. The number of rotatable bonds is 3. The molecule has 0 bridgehead atoms. The first-order valence-electron chi connectivity index (χ1n) is 3.87. The molecule has 0 unspecified atom stereocenters. The molecule has 0 aromatic carbocycles. The van der Waals surface area contributed by atoms with Gasteiger partial charge in [-0.25, -0.2) is 4.68 Å². The molecule has 1 rings (SSSR count).